The molecule has 6 heteroatoms. The average molecular weight is 294 g/mol. The third kappa shape index (κ3) is 2.34. The van der Waals surface area contributed by atoms with Gasteiger partial charge in [-0.25, -0.2) is 14.8 Å². The van der Waals surface area contributed by atoms with E-state index in [1.807, 2.05) is 13.2 Å². The molecule has 2 aromatic rings. The molecule has 2 aromatic heterocycles. The molecule has 1 saturated carbocycles. The molecule has 3 rings (SSSR count). The van der Waals surface area contributed by atoms with E-state index in [1.165, 1.54) is 0 Å². The molecule has 1 aliphatic rings. The summed E-state index contributed by atoms with van der Waals surface area (Å²) in [5.74, 6) is 0.206. The average Bonchev–Trinajstić information content (AvgIpc) is 3.15. The molecule has 1 fully saturated rings. The van der Waals surface area contributed by atoms with Crippen molar-refractivity contribution in [1.82, 2.24) is 9.97 Å². The highest BCUT2D eigenvalue weighted by molar-refractivity contribution is 8.00. The van der Waals surface area contributed by atoms with Gasteiger partial charge in [0, 0.05) is 6.20 Å². The van der Waals surface area contributed by atoms with Crippen LogP contribution in [0, 0.1) is 0 Å². The fraction of sp³-hybridized carbons (Fsp3) is 0.462. The third-order valence-corrected chi connectivity index (χ3v) is 5.16. The molecule has 4 nitrogen and oxygen atoms in total. The van der Waals surface area contributed by atoms with Crippen LogP contribution >= 0.6 is 23.1 Å². The van der Waals surface area contributed by atoms with E-state index in [4.69, 9.17) is 4.74 Å². The molecular formula is C13H14N2O2S2. The van der Waals surface area contributed by atoms with Crippen LogP contribution in [0.3, 0.4) is 0 Å². The molecule has 0 saturated heterocycles. The van der Waals surface area contributed by atoms with Crippen LogP contribution < -0.4 is 0 Å². The van der Waals surface area contributed by atoms with Crippen LogP contribution in [0.2, 0.25) is 0 Å². The quantitative estimate of drug-likeness (QED) is 0.638. The molecule has 100 valence electrons. The summed E-state index contributed by atoms with van der Waals surface area (Å²) in [6.07, 6.45) is 5.90. The van der Waals surface area contributed by atoms with E-state index in [0.717, 1.165) is 33.1 Å². The zero-order valence-electron chi connectivity index (χ0n) is 10.8. The highest BCUT2D eigenvalue weighted by atomic mass is 32.2. The zero-order chi connectivity index (χ0) is 13.4. The van der Waals surface area contributed by atoms with Crippen molar-refractivity contribution in [1.29, 1.82) is 0 Å². The van der Waals surface area contributed by atoms with Gasteiger partial charge in [0.2, 0.25) is 0 Å². The number of nitrogens with zero attached hydrogens (tertiary/aromatic N) is 2. The topological polar surface area (TPSA) is 52.1 Å². The number of thiazole rings is 1. The summed E-state index contributed by atoms with van der Waals surface area (Å²) in [4.78, 5) is 20.8. The highest BCUT2D eigenvalue weighted by Crippen LogP contribution is 2.46. The number of carbonyl (C=O) groups is 1. The lowest BCUT2D eigenvalue weighted by atomic mass is 10.1. The van der Waals surface area contributed by atoms with Gasteiger partial charge in [-0.1, -0.05) is 11.8 Å². The van der Waals surface area contributed by atoms with Crippen molar-refractivity contribution < 1.29 is 9.53 Å². The summed E-state index contributed by atoms with van der Waals surface area (Å²) in [6, 6.07) is 0. The number of fused-ring (bicyclic) bond motifs is 1. The van der Waals surface area contributed by atoms with Gasteiger partial charge in [0.15, 0.2) is 9.99 Å². The third-order valence-electron chi connectivity index (χ3n) is 3.10. The van der Waals surface area contributed by atoms with Gasteiger partial charge in [0.05, 0.1) is 16.9 Å². The zero-order valence-corrected chi connectivity index (χ0v) is 12.4. The van der Waals surface area contributed by atoms with E-state index < -0.39 is 0 Å². The van der Waals surface area contributed by atoms with E-state index in [1.54, 1.807) is 29.3 Å². The normalized spacial score (nSPS) is 14.8. The molecule has 0 aromatic carbocycles. The first-order valence-electron chi connectivity index (χ1n) is 6.25. The lowest BCUT2D eigenvalue weighted by Crippen LogP contribution is -2.08. The Bertz CT molecular complexity index is 635. The van der Waals surface area contributed by atoms with Gasteiger partial charge in [-0.15, -0.1) is 11.3 Å². The summed E-state index contributed by atoms with van der Waals surface area (Å²) < 4.78 is 7.17. The van der Waals surface area contributed by atoms with E-state index >= 15 is 0 Å². The molecule has 0 N–H and O–H groups in total. The van der Waals surface area contributed by atoms with Crippen LogP contribution in [-0.4, -0.2) is 28.8 Å². The molecular weight excluding hydrogens is 280 g/mol. The molecule has 0 atom stereocenters. The van der Waals surface area contributed by atoms with Gasteiger partial charge in [-0.05, 0) is 37.5 Å². The largest absolute Gasteiger partial charge is 0.462 e. The summed E-state index contributed by atoms with van der Waals surface area (Å²) >= 11 is 3.23. The van der Waals surface area contributed by atoms with Crippen molar-refractivity contribution in [2.24, 2.45) is 0 Å². The van der Waals surface area contributed by atoms with E-state index in [2.05, 4.69) is 9.97 Å². The van der Waals surface area contributed by atoms with Crippen LogP contribution in [0.5, 0.6) is 0 Å². The first kappa shape index (κ1) is 12.9. The highest BCUT2D eigenvalue weighted by Gasteiger charge is 2.32. The SMILES string of the molecule is CCOC(=O)c1cnc2nc(SC)sc2c1C1CC1. The monoisotopic (exact) mass is 294 g/mol. The minimum absolute atomic E-state index is 0.266. The van der Waals surface area contributed by atoms with Gasteiger partial charge in [-0.2, -0.15) is 0 Å². The number of carbonyl (C=O) groups excluding carboxylic acids is 1. The van der Waals surface area contributed by atoms with Crippen LogP contribution in [0.15, 0.2) is 10.5 Å². The van der Waals surface area contributed by atoms with Crippen LogP contribution in [-0.2, 0) is 4.74 Å². The Morgan fingerprint density at radius 1 is 1.58 bits per heavy atom. The Hall–Kier alpha value is -1.14. The Kier molecular flexibility index (Phi) is 3.45. The number of hydrogen-bond acceptors (Lipinski definition) is 6. The lowest BCUT2D eigenvalue weighted by Gasteiger charge is -2.07. The van der Waals surface area contributed by atoms with Crippen LogP contribution in [0.25, 0.3) is 10.3 Å². The summed E-state index contributed by atoms with van der Waals surface area (Å²) in [7, 11) is 0. The maximum Gasteiger partial charge on any atom is 0.340 e. The van der Waals surface area contributed by atoms with Gasteiger partial charge in [-0.3, -0.25) is 0 Å². The van der Waals surface area contributed by atoms with Crippen molar-refractivity contribution in [3.63, 3.8) is 0 Å². The predicted molar refractivity (Wildman–Crippen MR) is 77.1 cm³/mol. The lowest BCUT2D eigenvalue weighted by molar-refractivity contribution is 0.0525. The summed E-state index contributed by atoms with van der Waals surface area (Å²) in [5.41, 5.74) is 2.47. The Balaban J connectivity index is 2.16. The standard InChI is InChI=1S/C13H14N2O2S2/c1-3-17-12(16)8-6-14-11-10(9(8)7-4-5-7)19-13(15-11)18-2/h6-7H,3-5H2,1-2H3. The molecule has 0 bridgehead atoms. The first-order valence-corrected chi connectivity index (χ1v) is 8.29. The number of pyridine rings is 1. The van der Waals surface area contributed by atoms with Crippen molar-refractivity contribution in [2.45, 2.75) is 30.0 Å². The smallest absolute Gasteiger partial charge is 0.340 e. The molecule has 0 radical (unpaired) electrons. The Morgan fingerprint density at radius 2 is 2.37 bits per heavy atom. The number of hydrogen-bond donors (Lipinski definition) is 0. The second-order valence-electron chi connectivity index (χ2n) is 4.42. The molecule has 19 heavy (non-hydrogen) atoms. The number of esters is 1. The van der Waals surface area contributed by atoms with Crippen molar-refractivity contribution in [3.8, 4) is 0 Å². The number of rotatable bonds is 4. The second kappa shape index (κ2) is 5.09. The Labute approximate surface area is 119 Å². The Morgan fingerprint density at radius 3 is 3.00 bits per heavy atom. The number of aromatic nitrogens is 2. The maximum absolute atomic E-state index is 12.0. The summed E-state index contributed by atoms with van der Waals surface area (Å²) in [6.45, 7) is 2.21. The molecule has 0 aliphatic heterocycles. The number of ether oxygens (including phenoxy) is 1. The number of thioether (sulfide) groups is 1. The first-order chi connectivity index (χ1) is 9.24. The molecule has 0 spiro atoms. The van der Waals surface area contributed by atoms with Gasteiger partial charge >= 0.3 is 5.97 Å². The van der Waals surface area contributed by atoms with Crippen molar-refractivity contribution in [3.05, 3.63) is 17.3 Å². The maximum atomic E-state index is 12.0. The van der Waals surface area contributed by atoms with Crippen LogP contribution in [0.1, 0.15) is 41.6 Å². The van der Waals surface area contributed by atoms with Crippen molar-refractivity contribution in [2.75, 3.05) is 12.9 Å². The van der Waals surface area contributed by atoms with Gasteiger partial charge in [0.25, 0.3) is 0 Å². The molecule has 0 amide bonds. The van der Waals surface area contributed by atoms with Crippen molar-refractivity contribution >= 4 is 39.4 Å². The molecule has 1 aliphatic carbocycles. The fourth-order valence-electron chi connectivity index (χ4n) is 2.11. The predicted octanol–water partition coefficient (Wildman–Crippen LogP) is 3.47. The molecule has 2 heterocycles. The minimum Gasteiger partial charge on any atom is -0.462 e. The summed E-state index contributed by atoms with van der Waals surface area (Å²) in [5, 5.41) is 0. The fourth-order valence-corrected chi connectivity index (χ4v) is 3.75. The minimum atomic E-state index is -0.266. The van der Waals surface area contributed by atoms with Gasteiger partial charge in [0.1, 0.15) is 0 Å². The molecule has 0 unspecified atom stereocenters. The van der Waals surface area contributed by atoms with E-state index in [-0.39, 0.29) is 5.97 Å². The second-order valence-corrected chi connectivity index (χ2v) is 6.47. The van der Waals surface area contributed by atoms with Crippen LogP contribution in [0.4, 0.5) is 0 Å². The van der Waals surface area contributed by atoms with E-state index in [9.17, 15) is 4.79 Å². The van der Waals surface area contributed by atoms with Gasteiger partial charge < -0.3 is 4.74 Å². The van der Waals surface area contributed by atoms with E-state index in [0.29, 0.717) is 18.1 Å².